The summed E-state index contributed by atoms with van der Waals surface area (Å²) in [7, 11) is 0. The first-order chi connectivity index (χ1) is 14.5. The van der Waals surface area contributed by atoms with Crippen LogP contribution in [0.1, 0.15) is 41.5 Å². The van der Waals surface area contributed by atoms with Gasteiger partial charge in [-0.1, -0.05) is 66.7 Å². The fourth-order valence-corrected chi connectivity index (χ4v) is 3.36. The van der Waals surface area contributed by atoms with E-state index >= 15 is 0 Å². The van der Waals surface area contributed by atoms with Gasteiger partial charge in [0, 0.05) is 17.8 Å². The Morgan fingerprint density at radius 3 is 2.57 bits per heavy atom. The molecule has 3 aromatic rings. The lowest BCUT2D eigenvalue weighted by atomic mass is 9.99. The van der Waals surface area contributed by atoms with Crippen LogP contribution in [0.3, 0.4) is 0 Å². The van der Waals surface area contributed by atoms with Crippen molar-refractivity contribution >= 4 is 22.9 Å². The molecule has 2 aromatic carbocycles. The average Bonchev–Trinajstić information content (AvgIpc) is 3.30. The summed E-state index contributed by atoms with van der Waals surface area (Å²) in [5, 5.41) is 10.1. The quantitative estimate of drug-likeness (QED) is 0.438. The summed E-state index contributed by atoms with van der Waals surface area (Å²) in [6.45, 7) is 6.10. The van der Waals surface area contributed by atoms with Crippen molar-refractivity contribution in [2.24, 2.45) is 0 Å². The Hall–Kier alpha value is -3.04. The van der Waals surface area contributed by atoms with E-state index in [-0.39, 0.29) is 5.76 Å². The minimum absolute atomic E-state index is 0.160. The van der Waals surface area contributed by atoms with E-state index in [1.54, 1.807) is 18.3 Å². The zero-order chi connectivity index (χ0) is 21.3. The lowest BCUT2D eigenvalue weighted by Crippen LogP contribution is -1.96. The van der Waals surface area contributed by atoms with Gasteiger partial charge in [0.15, 0.2) is 0 Å². The molecule has 0 saturated carbocycles. The zero-order valence-corrected chi connectivity index (χ0v) is 17.9. The number of aliphatic hydroxyl groups is 1. The molecule has 1 aromatic heterocycles. The molecule has 4 rings (SSSR count). The molecule has 1 heterocycles. The molecular weight excluding hydrogens is 394 g/mol. The van der Waals surface area contributed by atoms with E-state index in [4.69, 9.17) is 16.3 Å². The second-order valence-corrected chi connectivity index (χ2v) is 7.62. The molecule has 1 N–H and O–H groups in total. The SMILES string of the molecule is C=C(O)c1cc(C2=CCCC2)ccc1C.Clc1ccc(OCc2ccccc2)nc1. The van der Waals surface area contributed by atoms with Gasteiger partial charge in [-0.15, -0.1) is 0 Å². The molecule has 0 amide bonds. The van der Waals surface area contributed by atoms with Gasteiger partial charge in [-0.3, -0.25) is 0 Å². The molecule has 0 atom stereocenters. The van der Waals surface area contributed by atoms with Gasteiger partial charge >= 0.3 is 0 Å². The molecule has 0 unspecified atom stereocenters. The second-order valence-electron chi connectivity index (χ2n) is 7.19. The van der Waals surface area contributed by atoms with Gasteiger partial charge in [0.25, 0.3) is 0 Å². The van der Waals surface area contributed by atoms with Crippen LogP contribution in [0.5, 0.6) is 5.88 Å². The van der Waals surface area contributed by atoms with Gasteiger partial charge in [-0.25, -0.2) is 4.98 Å². The van der Waals surface area contributed by atoms with E-state index in [9.17, 15) is 5.11 Å². The number of aliphatic hydroxyl groups excluding tert-OH is 1. The van der Waals surface area contributed by atoms with Crippen LogP contribution in [0.4, 0.5) is 0 Å². The molecule has 4 heteroatoms. The number of hydrogen-bond acceptors (Lipinski definition) is 3. The van der Waals surface area contributed by atoms with Crippen molar-refractivity contribution in [1.29, 1.82) is 0 Å². The Morgan fingerprint density at radius 1 is 1.13 bits per heavy atom. The van der Waals surface area contributed by atoms with Crippen LogP contribution in [0.2, 0.25) is 5.02 Å². The van der Waals surface area contributed by atoms with Crippen molar-refractivity contribution in [3.8, 4) is 5.88 Å². The summed E-state index contributed by atoms with van der Waals surface area (Å²) in [5.74, 6) is 0.746. The van der Waals surface area contributed by atoms with Gasteiger partial charge in [0.2, 0.25) is 5.88 Å². The zero-order valence-electron chi connectivity index (χ0n) is 17.1. The van der Waals surface area contributed by atoms with Crippen molar-refractivity contribution in [2.45, 2.75) is 32.8 Å². The highest BCUT2D eigenvalue weighted by Crippen LogP contribution is 2.29. The maximum atomic E-state index is 9.46. The molecule has 0 saturated heterocycles. The molecule has 0 spiro atoms. The summed E-state index contributed by atoms with van der Waals surface area (Å²) >= 11 is 5.71. The molecule has 1 aliphatic rings. The van der Waals surface area contributed by atoms with E-state index in [0.717, 1.165) is 23.1 Å². The summed E-state index contributed by atoms with van der Waals surface area (Å²) in [5.41, 5.74) is 5.68. The smallest absolute Gasteiger partial charge is 0.213 e. The fraction of sp³-hybridized carbons (Fsp3) is 0.192. The third kappa shape index (κ3) is 6.23. The second kappa shape index (κ2) is 10.7. The van der Waals surface area contributed by atoms with Crippen molar-refractivity contribution in [3.63, 3.8) is 0 Å². The molecule has 3 nitrogen and oxygen atoms in total. The van der Waals surface area contributed by atoms with Crippen LogP contribution in [0.25, 0.3) is 11.3 Å². The lowest BCUT2D eigenvalue weighted by Gasteiger charge is -2.08. The molecule has 30 heavy (non-hydrogen) atoms. The number of hydrogen-bond donors (Lipinski definition) is 1. The normalized spacial score (nSPS) is 12.5. The number of rotatable bonds is 5. The number of nitrogens with zero attached hydrogens (tertiary/aromatic N) is 1. The topological polar surface area (TPSA) is 42.4 Å². The van der Waals surface area contributed by atoms with Gasteiger partial charge in [0.1, 0.15) is 12.4 Å². The van der Waals surface area contributed by atoms with Crippen molar-refractivity contribution in [1.82, 2.24) is 4.98 Å². The Labute approximate surface area is 183 Å². The van der Waals surface area contributed by atoms with Gasteiger partial charge < -0.3 is 9.84 Å². The highest BCUT2D eigenvalue weighted by atomic mass is 35.5. The number of ether oxygens (including phenoxy) is 1. The molecule has 0 fully saturated rings. The molecule has 0 aliphatic heterocycles. The standard InChI is InChI=1S/C14H16O.C12H10ClNO/c1-10-7-8-13(9-14(10)11(2)15)12-5-3-4-6-12;13-11-6-7-12(14-8-11)15-9-10-4-2-1-3-5-10/h5,7-9,15H,2-4,6H2,1H3;1-8H,9H2. The Morgan fingerprint density at radius 2 is 1.93 bits per heavy atom. The third-order valence-electron chi connectivity index (χ3n) is 4.89. The summed E-state index contributed by atoms with van der Waals surface area (Å²) in [4.78, 5) is 4.04. The van der Waals surface area contributed by atoms with E-state index in [0.29, 0.717) is 17.5 Å². The highest BCUT2D eigenvalue weighted by Gasteiger charge is 2.09. The maximum absolute atomic E-state index is 9.46. The first-order valence-corrected chi connectivity index (χ1v) is 10.4. The first kappa shape index (κ1) is 21.7. The summed E-state index contributed by atoms with van der Waals surface area (Å²) in [6.07, 6.45) is 7.44. The molecule has 0 bridgehead atoms. The van der Waals surface area contributed by atoms with Crippen LogP contribution >= 0.6 is 11.6 Å². The van der Waals surface area contributed by atoms with Crippen molar-refractivity contribution in [2.75, 3.05) is 0 Å². The molecule has 154 valence electrons. The first-order valence-electron chi connectivity index (χ1n) is 9.99. The third-order valence-corrected chi connectivity index (χ3v) is 5.11. The van der Waals surface area contributed by atoms with Crippen molar-refractivity contribution in [3.05, 3.63) is 107 Å². The number of allylic oxidation sites excluding steroid dienone is 2. The monoisotopic (exact) mass is 419 g/mol. The minimum atomic E-state index is 0.160. The largest absolute Gasteiger partial charge is 0.508 e. The predicted molar refractivity (Wildman–Crippen MR) is 125 cm³/mol. The number of halogens is 1. The fourth-order valence-electron chi connectivity index (χ4n) is 3.24. The molecular formula is C26H26ClNO2. The van der Waals surface area contributed by atoms with E-state index < -0.39 is 0 Å². The van der Waals surface area contributed by atoms with E-state index in [1.165, 1.54) is 24.0 Å². The maximum Gasteiger partial charge on any atom is 0.213 e. The summed E-state index contributed by atoms with van der Waals surface area (Å²) in [6, 6.07) is 19.7. The van der Waals surface area contributed by atoms with Crippen LogP contribution in [-0.4, -0.2) is 10.1 Å². The molecule has 0 radical (unpaired) electrons. The average molecular weight is 420 g/mol. The van der Waals surface area contributed by atoms with E-state index in [2.05, 4.69) is 23.7 Å². The minimum Gasteiger partial charge on any atom is -0.508 e. The highest BCUT2D eigenvalue weighted by molar-refractivity contribution is 6.30. The Balaban J connectivity index is 0.000000171. The number of aryl methyl sites for hydroxylation is 1. The van der Waals surface area contributed by atoms with E-state index in [1.807, 2.05) is 49.4 Å². The van der Waals surface area contributed by atoms with Crippen LogP contribution in [0.15, 0.2) is 79.5 Å². The van der Waals surface area contributed by atoms with Gasteiger partial charge in [0.05, 0.1) is 5.02 Å². The Bertz CT molecular complexity index is 1010. The number of aromatic nitrogens is 1. The summed E-state index contributed by atoms with van der Waals surface area (Å²) < 4.78 is 5.48. The number of pyridine rings is 1. The lowest BCUT2D eigenvalue weighted by molar-refractivity contribution is 0.294. The van der Waals surface area contributed by atoms with Gasteiger partial charge in [-0.05, 0) is 60.6 Å². The van der Waals surface area contributed by atoms with Crippen LogP contribution in [-0.2, 0) is 6.61 Å². The van der Waals surface area contributed by atoms with Crippen LogP contribution in [0, 0.1) is 6.92 Å². The van der Waals surface area contributed by atoms with Crippen molar-refractivity contribution < 1.29 is 9.84 Å². The predicted octanol–water partition coefficient (Wildman–Crippen LogP) is 7.41. The van der Waals surface area contributed by atoms with Crippen LogP contribution < -0.4 is 4.74 Å². The number of benzene rings is 2. The molecule has 1 aliphatic carbocycles. The van der Waals surface area contributed by atoms with Gasteiger partial charge in [-0.2, -0.15) is 0 Å². The Kier molecular flexibility index (Phi) is 7.69.